The number of hydrogen-bond donors (Lipinski definition) is 2. The number of nitrogens with zero attached hydrogens (tertiary/aromatic N) is 2. The van der Waals surface area contributed by atoms with E-state index in [0.717, 1.165) is 17.2 Å². The lowest BCUT2D eigenvalue weighted by Crippen LogP contribution is -2.48. The Kier molecular flexibility index (Phi) is 8.04. The van der Waals surface area contributed by atoms with Gasteiger partial charge in [0.05, 0.1) is 12.7 Å². The van der Waals surface area contributed by atoms with Gasteiger partial charge in [0.1, 0.15) is 17.1 Å². The number of thioether (sulfide) groups is 1. The van der Waals surface area contributed by atoms with Crippen LogP contribution in [-0.2, 0) is 9.59 Å². The van der Waals surface area contributed by atoms with Crippen LogP contribution in [0.2, 0.25) is 0 Å². The highest BCUT2D eigenvalue weighted by atomic mass is 32.2. The molecule has 0 radical (unpaired) electrons. The second-order valence-electron chi connectivity index (χ2n) is 7.33. The Morgan fingerprint density at radius 2 is 2.00 bits per heavy atom. The van der Waals surface area contributed by atoms with Crippen LogP contribution in [0, 0.1) is 5.82 Å². The minimum atomic E-state index is -0.640. The van der Waals surface area contributed by atoms with Crippen LogP contribution in [0.5, 0.6) is 11.6 Å². The molecular formula is C22H25FN4O4S. The molecule has 3 amide bonds. The van der Waals surface area contributed by atoms with E-state index in [0.29, 0.717) is 31.7 Å². The number of nitrogens with one attached hydrogen (secondary N) is 2. The molecule has 170 valence electrons. The van der Waals surface area contributed by atoms with E-state index in [1.54, 1.807) is 22.7 Å². The Morgan fingerprint density at radius 1 is 1.25 bits per heavy atom. The van der Waals surface area contributed by atoms with E-state index in [1.807, 2.05) is 24.5 Å². The monoisotopic (exact) mass is 460 g/mol. The molecule has 0 unspecified atom stereocenters. The highest BCUT2D eigenvalue weighted by Gasteiger charge is 2.25. The van der Waals surface area contributed by atoms with Gasteiger partial charge in [-0.2, -0.15) is 0 Å². The minimum Gasteiger partial charge on any atom is -0.438 e. The van der Waals surface area contributed by atoms with Crippen LogP contribution in [0.4, 0.5) is 4.39 Å². The average molecular weight is 461 g/mol. The normalized spacial score (nSPS) is 14.0. The van der Waals surface area contributed by atoms with Gasteiger partial charge in [-0.1, -0.05) is 6.07 Å². The number of pyridine rings is 1. The van der Waals surface area contributed by atoms with Crippen molar-refractivity contribution in [3.8, 4) is 11.6 Å². The van der Waals surface area contributed by atoms with Crippen LogP contribution < -0.4 is 15.4 Å². The molecule has 0 atom stereocenters. The molecule has 1 saturated heterocycles. The molecule has 1 aromatic carbocycles. The number of piperidine rings is 1. The summed E-state index contributed by atoms with van der Waals surface area (Å²) in [5.41, 5.74) is 0.00344. The highest BCUT2D eigenvalue weighted by Crippen LogP contribution is 2.27. The molecule has 0 bridgehead atoms. The van der Waals surface area contributed by atoms with Gasteiger partial charge < -0.3 is 20.3 Å². The Hall–Kier alpha value is -3.14. The number of hydrogen-bond acceptors (Lipinski definition) is 6. The predicted molar refractivity (Wildman–Crippen MR) is 118 cm³/mol. The summed E-state index contributed by atoms with van der Waals surface area (Å²) in [7, 11) is 0. The first kappa shape index (κ1) is 23.5. The third-order valence-electron chi connectivity index (χ3n) is 4.99. The van der Waals surface area contributed by atoms with Gasteiger partial charge in [0.15, 0.2) is 0 Å². The van der Waals surface area contributed by atoms with Crippen molar-refractivity contribution in [3.63, 3.8) is 0 Å². The van der Waals surface area contributed by atoms with Gasteiger partial charge in [0.2, 0.25) is 17.7 Å². The highest BCUT2D eigenvalue weighted by molar-refractivity contribution is 7.98. The number of amides is 3. The zero-order valence-electron chi connectivity index (χ0n) is 17.9. The van der Waals surface area contributed by atoms with Crippen LogP contribution in [0.1, 0.15) is 30.1 Å². The van der Waals surface area contributed by atoms with Crippen molar-refractivity contribution >= 4 is 29.5 Å². The topological polar surface area (TPSA) is 101 Å². The average Bonchev–Trinajstić information content (AvgIpc) is 2.79. The summed E-state index contributed by atoms with van der Waals surface area (Å²) < 4.78 is 19.6. The maximum absolute atomic E-state index is 13.8. The van der Waals surface area contributed by atoms with Crippen molar-refractivity contribution in [2.75, 3.05) is 25.9 Å². The summed E-state index contributed by atoms with van der Waals surface area (Å²) in [6, 6.07) is 8.22. The van der Waals surface area contributed by atoms with Gasteiger partial charge in [-0.15, -0.1) is 11.8 Å². The third-order valence-corrected chi connectivity index (χ3v) is 5.71. The number of benzene rings is 1. The molecule has 1 fully saturated rings. The Balaban J connectivity index is 1.62. The van der Waals surface area contributed by atoms with E-state index in [1.165, 1.54) is 6.92 Å². The molecule has 2 aromatic rings. The zero-order valence-corrected chi connectivity index (χ0v) is 18.7. The maximum atomic E-state index is 13.8. The lowest BCUT2D eigenvalue weighted by molar-refractivity contribution is -0.133. The number of carbonyl (C=O) groups is 3. The molecular weight excluding hydrogens is 435 g/mol. The summed E-state index contributed by atoms with van der Waals surface area (Å²) in [6.07, 6.45) is 4.04. The van der Waals surface area contributed by atoms with Gasteiger partial charge in [-0.3, -0.25) is 14.4 Å². The molecule has 32 heavy (non-hydrogen) atoms. The number of ether oxygens (including phenoxy) is 1. The van der Waals surface area contributed by atoms with Crippen molar-refractivity contribution < 1.29 is 23.5 Å². The lowest BCUT2D eigenvalue weighted by atomic mass is 10.0. The van der Waals surface area contributed by atoms with Gasteiger partial charge in [-0.05, 0) is 43.4 Å². The van der Waals surface area contributed by atoms with Crippen molar-refractivity contribution in [2.24, 2.45) is 0 Å². The molecule has 1 aromatic heterocycles. The van der Waals surface area contributed by atoms with E-state index in [2.05, 4.69) is 15.6 Å². The fraction of sp³-hybridized carbons (Fsp3) is 0.364. The van der Waals surface area contributed by atoms with Crippen molar-refractivity contribution in [2.45, 2.75) is 30.7 Å². The van der Waals surface area contributed by atoms with E-state index in [-0.39, 0.29) is 35.8 Å². The first-order chi connectivity index (χ1) is 15.4. The summed E-state index contributed by atoms with van der Waals surface area (Å²) in [4.78, 5) is 42.5. The van der Waals surface area contributed by atoms with Crippen molar-refractivity contribution in [1.29, 1.82) is 0 Å². The summed E-state index contributed by atoms with van der Waals surface area (Å²) in [5.74, 6) is -1.04. The third kappa shape index (κ3) is 6.43. The zero-order chi connectivity index (χ0) is 23.1. The van der Waals surface area contributed by atoms with Crippen LogP contribution in [0.15, 0.2) is 41.4 Å². The minimum absolute atomic E-state index is 0.00344. The molecule has 0 spiro atoms. The quantitative estimate of drug-likeness (QED) is 0.616. The number of rotatable bonds is 7. The summed E-state index contributed by atoms with van der Waals surface area (Å²) in [5, 5.41) is 5.37. The van der Waals surface area contributed by atoms with Crippen molar-refractivity contribution in [1.82, 2.24) is 20.5 Å². The van der Waals surface area contributed by atoms with E-state index < -0.39 is 11.7 Å². The largest absolute Gasteiger partial charge is 0.438 e. The second kappa shape index (κ2) is 10.9. The van der Waals surface area contributed by atoms with Gasteiger partial charge in [0, 0.05) is 31.0 Å². The van der Waals surface area contributed by atoms with Crippen molar-refractivity contribution in [3.05, 3.63) is 47.9 Å². The van der Waals surface area contributed by atoms with Crippen LogP contribution in [0.3, 0.4) is 0 Å². The van der Waals surface area contributed by atoms with E-state index >= 15 is 0 Å². The Morgan fingerprint density at radius 3 is 2.69 bits per heavy atom. The second-order valence-corrected chi connectivity index (χ2v) is 8.21. The lowest BCUT2D eigenvalue weighted by Gasteiger charge is -2.32. The summed E-state index contributed by atoms with van der Waals surface area (Å²) >= 11 is 1.55. The van der Waals surface area contributed by atoms with Gasteiger partial charge in [-0.25, -0.2) is 9.37 Å². The predicted octanol–water partition coefficient (Wildman–Crippen LogP) is 2.59. The van der Waals surface area contributed by atoms with Gasteiger partial charge >= 0.3 is 0 Å². The van der Waals surface area contributed by atoms with Crippen LogP contribution in [0.25, 0.3) is 0 Å². The smallest absolute Gasteiger partial charge is 0.257 e. The first-order valence-electron chi connectivity index (χ1n) is 10.2. The molecule has 1 aliphatic heterocycles. The first-order valence-corrected chi connectivity index (χ1v) is 11.4. The standard InChI is InChI=1S/C22H25FN4O4S/c1-14(28)24-13-20(29)27-8-6-16(7-9-27)26-21(30)19-10-15(23)12-25-22(19)31-17-4-3-5-18(11-17)32-2/h3-5,10-12,16H,6-9,13H2,1-2H3,(H,24,28)(H,26,30). The summed E-state index contributed by atoms with van der Waals surface area (Å²) in [6.45, 7) is 2.22. The van der Waals surface area contributed by atoms with Gasteiger partial charge in [0.25, 0.3) is 5.91 Å². The fourth-order valence-electron chi connectivity index (χ4n) is 3.30. The Labute approximate surface area is 189 Å². The SMILES string of the molecule is CSc1cccc(Oc2ncc(F)cc2C(=O)NC2CCN(C(=O)CNC(C)=O)CC2)c1. The van der Waals surface area contributed by atoms with Crippen LogP contribution >= 0.6 is 11.8 Å². The Bertz CT molecular complexity index is 996. The van der Waals surface area contributed by atoms with E-state index in [9.17, 15) is 18.8 Å². The fourth-order valence-corrected chi connectivity index (χ4v) is 3.74. The molecule has 8 nitrogen and oxygen atoms in total. The molecule has 10 heteroatoms. The molecule has 0 aliphatic carbocycles. The number of likely N-dealkylation sites (tertiary alicyclic amines) is 1. The maximum Gasteiger partial charge on any atom is 0.257 e. The molecule has 2 N–H and O–H groups in total. The molecule has 3 rings (SSSR count). The van der Waals surface area contributed by atoms with Crippen LogP contribution in [-0.4, -0.2) is 59.5 Å². The molecule has 2 heterocycles. The van der Waals surface area contributed by atoms with E-state index in [4.69, 9.17) is 4.74 Å². The number of carbonyl (C=O) groups excluding carboxylic acids is 3. The molecule has 1 aliphatic rings. The molecule has 0 saturated carbocycles. The number of aromatic nitrogens is 1. The number of halogens is 1.